The molecule has 0 saturated heterocycles. The van der Waals surface area contributed by atoms with Crippen molar-refractivity contribution in [3.8, 4) is 0 Å². The normalized spacial score (nSPS) is 10.4. The first kappa shape index (κ1) is 13.4. The summed E-state index contributed by atoms with van der Waals surface area (Å²) in [5.41, 5.74) is 0.705. The van der Waals surface area contributed by atoms with Crippen molar-refractivity contribution < 1.29 is 9.90 Å². The number of nitrogens with zero attached hydrogens (tertiary/aromatic N) is 1. The molecular formula is C14H12ClNO3. The number of carbonyl (C=O) groups is 1. The molecule has 0 radical (unpaired) electrons. The van der Waals surface area contributed by atoms with Gasteiger partial charge in [-0.1, -0.05) is 29.8 Å². The average Bonchev–Trinajstić information content (AvgIpc) is 2.36. The molecule has 19 heavy (non-hydrogen) atoms. The number of carboxylic acids is 1. The summed E-state index contributed by atoms with van der Waals surface area (Å²) in [5.74, 6) is -1.22. The van der Waals surface area contributed by atoms with E-state index < -0.39 is 11.5 Å². The molecule has 0 aliphatic heterocycles. The summed E-state index contributed by atoms with van der Waals surface area (Å²) in [7, 11) is 0. The second kappa shape index (κ2) is 5.28. The van der Waals surface area contributed by atoms with Crippen LogP contribution in [0.3, 0.4) is 0 Å². The van der Waals surface area contributed by atoms with Gasteiger partial charge >= 0.3 is 5.97 Å². The maximum atomic E-state index is 12.1. The molecule has 0 atom stereocenters. The molecule has 1 heterocycles. The maximum absolute atomic E-state index is 12.1. The number of rotatable bonds is 3. The third kappa shape index (κ3) is 2.69. The molecule has 0 bridgehead atoms. The highest BCUT2D eigenvalue weighted by molar-refractivity contribution is 6.31. The van der Waals surface area contributed by atoms with Crippen LogP contribution in [0.5, 0.6) is 0 Å². The highest BCUT2D eigenvalue weighted by Gasteiger charge is 2.13. The zero-order valence-corrected chi connectivity index (χ0v) is 11.0. The molecule has 2 rings (SSSR count). The maximum Gasteiger partial charge on any atom is 0.341 e. The first-order chi connectivity index (χ1) is 9.00. The Hall–Kier alpha value is -2.07. The van der Waals surface area contributed by atoms with E-state index in [0.29, 0.717) is 10.7 Å². The van der Waals surface area contributed by atoms with E-state index in [1.165, 1.54) is 10.6 Å². The van der Waals surface area contributed by atoms with Gasteiger partial charge in [0, 0.05) is 10.7 Å². The van der Waals surface area contributed by atoms with Crippen molar-refractivity contribution in [3.63, 3.8) is 0 Å². The number of halogens is 1. The number of aromatic carboxylic acids is 1. The van der Waals surface area contributed by atoms with Crippen LogP contribution in [0.4, 0.5) is 0 Å². The van der Waals surface area contributed by atoms with Crippen LogP contribution in [0.15, 0.2) is 41.2 Å². The minimum atomic E-state index is -1.22. The Morgan fingerprint density at radius 2 is 1.95 bits per heavy atom. The molecule has 0 saturated carbocycles. The second-order valence-electron chi connectivity index (χ2n) is 4.18. The van der Waals surface area contributed by atoms with Crippen molar-refractivity contribution in [1.82, 2.24) is 4.57 Å². The molecule has 4 nitrogen and oxygen atoms in total. The van der Waals surface area contributed by atoms with Gasteiger partial charge in [-0.15, -0.1) is 0 Å². The van der Waals surface area contributed by atoms with E-state index in [1.54, 1.807) is 25.1 Å². The highest BCUT2D eigenvalue weighted by atomic mass is 35.5. The first-order valence-electron chi connectivity index (χ1n) is 5.68. The molecule has 0 spiro atoms. The average molecular weight is 278 g/mol. The summed E-state index contributed by atoms with van der Waals surface area (Å²) in [6.07, 6.45) is 0. The van der Waals surface area contributed by atoms with Gasteiger partial charge in [-0.3, -0.25) is 4.79 Å². The molecule has 1 aromatic carbocycles. The largest absolute Gasteiger partial charge is 0.477 e. The Morgan fingerprint density at radius 3 is 2.58 bits per heavy atom. The minimum Gasteiger partial charge on any atom is -0.477 e. The van der Waals surface area contributed by atoms with Gasteiger partial charge in [0.05, 0.1) is 6.54 Å². The predicted octanol–water partition coefficient (Wildman–Crippen LogP) is 2.56. The van der Waals surface area contributed by atoms with E-state index >= 15 is 0 Å². The van der Waals surface area contributed by atoms with Crippen LogP contribution in [0.1, 0.15) is 21.6 Å². The van der Waals surface area contributed by atoms with Crippen LogP contribution in [0.2, 0.25) is 5.02 Å². The van der Waals surface area contributed by atoms with E-state index in [1.807, 2.05) is 12.1 Å². The molecular weight excluding hydrogens is 266 g/mol. The molecule has 1 N–H and O–H groups in total. The summed E-state index contributed by atoms with van der Waals surface area (Å²) in [5, 5.41) is 9.51. The SMILES string of the molecule is Cc1ccc(C(=O)O)c(=O)n1Cc1ccccc1Cl. The molecule has 1 aromatic heterocycles. The molecule has 0 amide bonds. The summed E-state index contributed by atoms with van der Waals surface area (Å²) < 4.78 is 1.41. The highest BCUT2D eigenvalue weighted by Crippen LogP contribution is 2.16. The second-order valence-corrected chi connectivity index (χ2v) is 4.58. The Morgan fingerprint density at radius 1 is 1.26 bits per heavy atom. The topological polar surface area (TPSA) is 59.3 Å². The summed E-state index contributed by atoms with van der Waals surface area (Å²) in [4.78, 5) is 23.1. The van der Waals surface area contributed by atoms with Gasteiger partial charge in [-0.05, 0) is 30.7 Å². The molecule has 2 aromatic rings. The third-order valence-electron chi connectivity index (χ3n) is 2.91. The molecule has 5 heteroatoms. The lowest BCUT2D eigenvalue weighted by Crippen LogP contribution is -2.28. The van der Waals surface area contributed by atoms with Crippen LogP contribution >= 0.6 is 11.6 Å². The fraction of sp³-hybridized carbons (Fsp3) is 0.143. The number of hydrogen-bond donors (Lipinski definition) is 1. The van der Waals surface area contributed by atoms with Crippen LogP contribution in [0, 0.1) is 6.92 Å². The standard InChI is InChI=1S/C14H12ClNO3/c1-9-6-7-11(14(18)19)13(17)16(9)8-10-4-2-3-5-12(10)15/h2-7H,8H2,1H3,(H,18,19). The monoisotopic (exact) mass is 277 g/mol. The predicted molar refractivity (Wildman–Crippen MR) is 73.0 cm³/mol. The van der Waals surface area contributed by atoms with Crippen molar-refractivity contribution in [2.75, 3.05) is 0 Å². The first-order valence-corrected chi connectivity index (χ1v) is 6.05. The Balaban J connectivity index is 2.52. The fourth-order valence-electron chi connectivity index (χ4n) is 1.83. The molecule has 0 aliphatic carbocycles. The Bertz CT molecular complexity index is 691. The van der Waals surface area contributed by atoms with Crippen molar-refractivity contribution in [1.29, 1.82) is 0 Å². The van der Waals surface area contributed by atoms with Gasteiger partial charge in [0.15, 0.2) is 0 Å². The number of hydrogen-bond acceptors (Lipinski definition) is 2. The van der Waals surface area contributed by atoms with Crippen molar-refractivity contribution in [2.24, 2.45) is 0 Å². The summed E-state index contributed by atoms with van der Waals surface area (Å²) in [6, 6.07) is 10.1. The minimum absolute atomic E-state index is 0.238. The Kier molecular flexibility index (Phi) is 3.71. The number of aromatic nitrogens is 1. The molecule has 0 fully saturated rings. The van der Waals surface area contributed by atoms with Crippen LogP contribution in [-0.4, -0.2) is 15.6 Å². The van der Waals surface area contributed by atoms with E-state index in [9.17, 15) is 9.59 Å². The van der Waals surface area contributed by atoms with Crippen LogP contribution < -0.4 is 5.56 Å². The fourth-order valence-corrected chi connectivity index (χ4v) is 2.02. The lowest BCUT2D eigenvalue weighted by molar-refractivity contribution is 0.0694. The number of benzene rings is 1. The third-order valence-corrected chi connectivity index (χ3v) is 3.28. The lowest BCUT2D eigenvalue weighted by atomic mass is 10.2. The van der Waals surface area contributed by atoms with E-state index in [4.69, 9.17) is 16.7 Å². The number of carboxylic acid groups (broad SMARTS) is 1. The van der Waals surface area contributed by atoms with Crippen LogP contribution in [0.25, 0.3) is 0 Å². The lowest BCUT2D eigenvalue weighted by Gasteiger charge is -2.11. The zero-order chi connectivity index (χ0) is 14.0. The van der Waals surface area contributed by atoms with Crippen molar-refractivity contribution in [2.45, 2.75) is 13.5 Å². The van der Waals surface area contributed by atoms with Gasteiger partial charge in [-0.2, -0.15) is 0 Å². The van der Waals surface area contributed by atoms with Gasteiger partial charge in [0.2, 0.25) is 0 Å². The molecule has 0 aliphatic rings. The van der Waals surface area contributed by atoms with E-state index in [2.05, 4.69) is 0 Å². The van der Waals surface area contributed by atoms with Gasteiger partial charge < -0.3 is 9.67 Å². The quantitative estimate of drug-likeness (QED) is 0.938. The summed E-state index contributed by atoms with van der Waals surface area (Å²) >= 11 is 6.05. The van der Waals surface area contributed by atoms with E-state index in [-0.39, 0.29) is 12.1 Å². The number of aryl methyl sites for hydroxylation is 1. The van der Waals surface area contributed by atoms with E-state index in [0.717, 1.165) is 5.56 Å². The smallest absolute Gasteiger partial charge is 0.341 e. The number of pyridine rings is 1. The van der Waals surface area contributed by atoms with Crippen molar-refractivity contribution >= 4 is 17.6 Å². The van der Waals surface area contributed by atoms with Crippen LogP contribution in [-0.2, 0) is 6.54 Å². The summed E-state index contributed by atoms with van der Waals surface area (Å²) in [6.45, 7) is 2.01. The van der Waals surface area contributed by atoms with Gasteiger partial charge in [-0.25, -0.2) is 4.79 Å². The Labute approximate surface area is 114 Å². The van der Waals surface area contributed by atoms with Gasteiger partial charge in [0.1, 0.15) is 5.56 Å². The zero-order valence-electron chi connectivity index (χ0n) is 10.3. The molecule has 98 valence electrons. The molecule has 0 unspecified atom stereocenters. The van der Waals surface area contributed by atoms with Gasteiger partial charge in [0.25, 0.3) is 5.56 Å². The van der Waals surface area contributed by atoms with Crippen molar-refractivity contribution in [3.05, 3.63) is 68.6 Å².